The molecule has 5 rings (SSSR count). The number of aromatic nitrogens is 2. The van der Waals surface area contributed by atoms with Crippen LogP contribution in [0, 0.1) is 0 Å². The molecule has 1 aromatic carbocycles. The lowest BCUT2D eigenvalue weighted by atomic mass is 9.94. The Kier molecular flexibility index (Phi) is 7.37. The first kappa shape index (κ1) is 24.6. The number of nitrogens with zero attached hydrogens (tertiary/aromatic N) is 6. The van der Waals surface area contributed by atoms with Crippen molar-refractivity contribution in [3.63, 3.8) is 0 Å². The van der Waals surface area contributed by atoms with Gasteiger partial charge in [0.2, 0.25) is 0 Å². The van der Waals surface area contributed by atoms with Crippen molar-refractivity contribution < 1.29 is 9.90 Å². The molecule has 9 heteroatoms. The van der Waals surface area contributed by atoms with Gasteiger partial charge in [-0.2, -0.15) is 0 Å². The van der Waals surface area contributed by atoms with E-state index in [1.807, 2.05) is 24.3 Å². The zero-order valence-electron chi connectivity index (χ0n) is 20.6. The third kappa shape index (κ3) is 4.95. The summed E-state index contributed by atoms with van der Waals surface area (Å²) in [6, 6.07) is 7.71. The van der Waals surface area contributed by atoms with E-state index in [9.17, 15) is 9.90 Å². The van der Waals surface area contributed by atoms with E-state index in [4.69, 9.17) is 11.6 Å². The van der Waals surface area contributed by atoms with Crippen molar-refractivity contribution in [2.45, 2.75) is 37.5 Å². The third-order valence-electron chi connectivity index (χ3n) is 7.90. The Morgan fingerprint density at radius 2 is 1.63 bits per heavy atom. The second-order valence-corrected chi connectivity index (χ2v) is 10.6. The number of piperazine rings is 2. The molecule has 1 aromatic heterocycles. The molecule has 1 N–H and O–H groups in total. The fourth-order valence-corrected chi connectivity index (χ4v) is 6.06. The lowest BCUT2D eigenvalue weighted by molar-refractivity contribution is -0.113. The molecule has 188 valence electrons. The highest BCUT2D eigenvalue weighted by Crippen LogP contribution is 2.43. The Balaban J connectivity index is 1.37. The molecule has 3 aliphatic rings. The maximum atomic E-state index is 12.5. The number of rotatable bonds is 6. The van der Waals surface area contributed by atoms with Gasteiger partial charge in [0.15, 0.2) is 0 Å². The van der Waals surface area contributed by atoms with Gasteiger partial charge in [-0.1, -0.05) is 30.7 Å². The molecule has 2 aliphatic heterocycles. The van der Waals surface area contributed by atoms with Crippen molar-refractivity contribution in [2.24, 2.45) is 0 Å². The molecule has 35 heavy (non-hydrogen) atoms. The zero-order valence-corrected chi connectivity index (χ0v) is 21.3. The topological polar surface area (TPSA) is 76.0 Å². The van der Waals surface area contributed by atoms with Crippen LogP contribution >= 0.6 is 11.6 Å². The quantitative estimate of drug-likeness (QED) is 0.608. The molecule has 0 amide bonds. The molecule has 2 fully saturated rings. The largest absolute Gasteiger partial charge is 0.387 e. The summed E-state index contributed by atoms with van der Waals surface area (Å²) in [5.41, 5.74) is 2.88. The van der Waals surface area contributed by atoms with Crippen molar-refractivity contribution in [1.29, 1.82) is 0 Å². The van der Waals surface area contributed by atoms with Crippen LogP contribution in [0.25, 0.3) is 0 Å². The minimum atomic E-state index is -0.502. The van der Waals surface area contributed by atoms with Gasteiger partial charge in [-0.3, -0.25) is 9.80 Å². The summed E-state index contributed by atoms with van der Waals surface area (Å²) in [7, 11) is 2.15. The van der Waals surface area contributed by atoms with E-state index in [1.165, 1.54) is 0 Å². The van der Waals surface area contributed by atoms with Crippen LogP contribution in [-0.2, 0) is 4.79 Å². The number of aldehydes is 1. The van der Waals surface area contributed by atoms with Crippen molar-refractivity contribution in [1.82, 2.24) is 24.7 Å². The van der Waals surface area contributed by atoms with Crippen molar-refractivity contribution in [2.75, 3.05) is 64.3 Å². The Labute approximate surface area is 212 Å². The Hall–Kier alpha value is -2.10. The van der Waals surface area contributed by atoms with Gasteiger partial charge in [-0.05, 0) is 37.1 Å². The molecule has 0 spiro atoms. The summed E-state index contributed by atoms with van der Waals surface area (Å²) in [5, 5.41) is 11.1. The number of aliphatic hydroxyl groups is 1. The number of aliphatic hydroxyl groups excluding tert-OH is 1. The maximum absolute atomic E-state index is 12.5. The normalized spacial score (nSPS) is 25.9. The number of fused-ring (bicyclic) bond motifs is 1. The number of halogens is 1. The Morgan fingerprint density at radius 3 is 2.26 bits per heavy atom. The van der Waals surface area contributed by atoms with Gasteiger partial charge in [-0.25, -0.2) is 9.97 Å². The molecule has 0 bridgehead atoms. The van der Waals surface area contributed by atoms with E-state index in [2.05, 4.69) is 43.5 Å². The highest BCUT2D eigenvalue weighted by Gasteiger charge is 2.38. The predicted octanol–water partition coefficient (Wildman–Crippen LogP) is 2.35. The average molecular weight is 499 g/mol. The van der Waals surface area contributed by atoms with Crippen LogP contribution < -0.4 is 4.90 Å². The maximum Gasteiger partial charge on any atom is 0.135 e. The number of anilines is 1. The van der Waals surface area contributed by atoms with Gasteiger partial charge in [0.05, 0.1) is 23.9 Å². The van der Waals surface area contributed by atoms with Crippen LogP contribution in [0.15, 0.2) is 30.6 Å². The molecule has 1 aliphatic carbocycles. The molecule has 3 heterocycles. The number of likely N-dealkylation sites (N-methyl/N-ethyl adjacent to an activating group) is 1. The van der Waals surface area contributed by atoms with Crippen LogP contribution in [0.1, 0.15) is 48.1 Å². The lowest BCUT2D eigenvalue weighted by Gasteiger charge is -2.48. The summed E-state index contributed by atoms with van der Waals surface area (Å²) in [6.07, 6.45) is 2.89. The van der Waals surface area contributed by atoms with Crippen LogP contribution in [0.4, 0.5) is 5.82 Å². The summed E-state index contributed by atoms with van der Waals surface area (Å²) >= 11 is 6.14. The average Bonchev–Trinajstić information content (AvgIpc) is 3.17. The molecule has 2 saturated heterocycles. The van der Waals surface area contributed by atoms with Crippen LogP contribution in [0.3, 0.4) is 0 Å². The lowest BCUT2D eigenvalue weighted by Crippen LogP contribution is -2.61. The number of hydrogen-bond donors (Lipinski definition) is 1. The minimum absolute atomic E-state index is 0.00128. The first-order chi connectivity index (χ1) is 17.0. The third-order valence-corrected chi connectivity index (χ3v) is 8.15. The predicted molar refractivity (Wildman–Crippen MR) is 137 cm³/mol. The van der Waals surface area contributed by atoms with Crippen molar-refractivity contribution in [3.8, 4) is 0 Å². The minimum Gasteiger partial charge on any atom is -0.387 e. The van der Waals surface area contributed by atoms with E-state index < -0.39 is 6.10 Å². The number of carbonyl (C=O) groups excluding carboxylic acids is 1. The second kappa shape index (κ2) is 10.5. The first-order valence-corrected chi connectivity index (χ1v) is 13.0. The smallest absolute Gasteiger partial charge is 0.135 e. The van der Waals surface area contributed by atoms with Crippen LogP contribution in [-0.4, -0.2) is 102 Å². The highest BCUT2D eigenvalue weighted by molar-refractivity contribution is 6.30. The van der Waals surface area contributed by atoms with Crippen LogP contribution in [0.2, 0.25) is 5.02 Å². The molecular formula is C26H35ClN6O2. The summed E-state index contributed by atoms with van der Waals surface area (Å²) in [4.78, 5) is 31.1. The van der Waals surface area contributed by atoms with Gasteiger partial charge in [0.25, 0.3) is 0 Å². The molecule has 2 unspecified atom stereocenters. The summed E-state index contributed by atoms with van der Waals surface area (Å²) in [6.45, 7) is 9.33. The zero-order chi connectivity index (χ0) is 24.5. The summed E-state index contributed by atoms with van der Waals surface area (Å²) in [5.74, 6) is 0.955. The number of hydrogen-bond acceptors (Lipinski definition) is 8. The van der Waals surface area contributed by atoms with E-state index in [0.29, 0.717) is 11.4 Å². The van der Waals surface area contributed by atoms with Gasteiger partial charge in [-0.15, -0.1) is 0 Å². The fraction of sp³-hybridized carbons (Fsp3) is 0.577. The van der Waals surface area contributed by atoms with Crippen molar-refractivity contribution in [3.05, 3.63) is 52.4 Å². The summed E-state index contributed by atoms with van der Waals surface area (Å²) < 4.78 is 0. The van der Waals surface area contributed by atoms with Gasteiger partial charge in [0.1, 0.15) is 18.4 Å². The van der Waals surface area contributed by atoms with Gasteiger partial charge in [0, 0.05) is 62.9 Å². The van der Waals surface area contributed by atoms with Gasteiger partial charge < -0.3 is 19.7 Å². The molecule has 0 radical (unpaired) electrons. The van der Waals surface area contributed by atoms with Crippen LogP contribution in [0.5, 0.6) is 0 Å². The van der Waals surface area contributed by atoms with E-state index in [0.717, 1.165) is 81.3 Å². The SMILES string of the molecule is C[C@@H]1C[C@@H](O)c2ncnc(N3CCN(C(C(C=O)c4ccc(Cl)cc4)N4CCN(C)CC4)CC3)c21. The van der Waals surface area contributed by atoms with Gasteiger partial charge >= 0.3 is 0 Å². The number of carbonyl (C=O) groups is 1. The molecule has 2 aromatic rings. The molecule has 0 saturated carbocycles. The number of benzene rings is 1. The molecule has 8 nitrogen and oxygen atoms in total. The molecule has 4 atom stereocenters. The van der Waals surface area contributed by atoms with E-state index >= 15 is 0 Å². The fourth-order valence-electron chi connectivity index (χ4n) is 5.93. The van der Waals surface area contributed by atoms with E-state index in [-0.39, 0.29) is 18.0 Å². The molecular weight excluding hydrogens is 464 g/mol. The van der Waals surface area contributed by atoms with Crippen molar-refractivity contribution >= 4 is 23.7 Å². The van der Waals surface area contributed by atoms with E-state index in [1.54, 1.807) is 6.33 Å². The first-order valence-electron chi connectivity index (χ1n) is 12.6. The standard InChI is InChI=1S/C26H35ClN6O2/c1-18-15-22(35)24-23(18)25(29-17-28-24)31-11-13-33(14-12-31)26(32-9-7-30(2)8-10-32)21(16-34)19-3-5-20(27)6-4-19/h3-6,16-18,21-22,26,35H,7-15H2,1-2H3/t18-,21?,22-,26?/m1/s1. The Morgan fingerprint density at radius 1 is 1.00 bits per heavy atom. The second-order valence-electron chi connectivity index (χ2n) is 10.1. The monoisotopic (exact) mass is 498 g/mol. The highest BCUT2D eigenvalue weighted by atomic mass is 35.5. The Bertz CT molecular complexity index is 1020.